The smallest absolute Gasteiger partial charge is 0.210 e. The standard InChI is InChI=1S/C5H8N2O2S.C2H6/c1-10(8,9)7-5(4-6)2-3-5;1-2/h7H,2-3H2,1H3;1-2H3. The Labute approximate surface area is 73.6 Å². The second kappa shape index (κ2) is 3.87. The van der Waals surface area contributed by atoms with E-state index in [1.165, 1.54) is 0 Å². The molecule has 0 aliphatic heterocycles. The van der Waals surface area contributed by atoms with Crippen LogP contribution in [-0.2, 0) is 10.0 Å². The summed E-state index contributed by atoms with van der Waals surface area (Å²) in [7, 11) is -3.20. The summed E-state index contributed by atoms with van der Waals surface area (Å²) in [6, 6.07) is 1.92. The summed E-state index contributed by atoms with van der Waals surface area (Å²) in [4.78, 5) is 0. The highest BCUT2D eigenvalue weighted by molar-refractivity contribution is 7.88. The first-order valence-electron chi connectivity index (χ1n) is 3.88. The van der Waals surface area contributed by atoms with Crippen LogP contribution in [-0.4, -0.2) is 20.2 Å². The summed E-state index contributed by atoms with van der Waals surface area (Å²) in [6.45, 7) is 4.00. The first kappa shape index (κ1) is 11.4. The Hall–Kier alpha value is -0.600. The molecule has 1 saturated carbocycles. The molecular formula is C7H14N2O2S. The van der Waals surface area contributed by atoms with Crippen molar-refractivity contribution in [1.29, 1.82) is 5.26 Å². The van der Waals surface area contributed by atoms with Gasteiger partial charge in [-0.3, -0.25) is 0 Å². The van der Waals surface area contributed by atoms with E-state index in [4.69, 9.17) is 5.26 Å². The van der Waals surface area contributed by atoms with Gasteiger partial charge in [0.05, 0.1) is 12.3 Å². The fraction of sp³-hybridized carbons (Fsp3) is 0.857. The Kier molecular flexibility index (Phi) is 3.68. The van der Waals surface area contributed by atoms with Gasteiger partial charge in [-0.05, 0) is 12.8 Å². The van der Waals surface area contributed by atoms with Crippen molar-refractivity contribution in [2.45, 2.75) is 32.2 Å². The Balaban J connectivity index is 0.000000561. The molecule has 1 aliphatic carbocycles. The minimum absolute atomic E-state index is 0.635. The fourth-order valence-electron chi connectivity index (χ4n) is 0.717. The van der Waals surface area contributed by atoms with Gasteiger partial charge in [-0.2, -0.15) is 9.98 Å². The number of hydrogen-bond acceptors (Lipinski definition) is 3. The van der Waals surface area contributed by atoms with Gasteiger partial charge in [0, 0.05) is 0 Å². The van der Waals surface area contributed by atoms with Gasteiger partial charge in [0.25, 0.3) is 0 Å². The summed E-state index contributed by atoms with van der Waals surface area (Å²) >= 11 is 0. The number of nitriles is 1. The van der Waals surface area contributed by atoms with Crippen LogP contribution in [0.1, 0.15) is 26.7 Å². The molecular weight excluding hydrogens is 176 g/mol. The molecule has 0 amide bonds. The van der Waals surface area contributed by atoms with Crippen LogP contribution in [0.2, 0.25) is 0 Å². The number of hydrogen-bond donors (Lipinski definition) is 1. The highest BCUT2D eigenvalue weighted by Gasteiger charge is 2.45. The highest BCUT2D eigenvalue weighted by Crippen LogP contribution is 2.34. The van der Waals surface area contributed by atoms with Crippen LogP contribution in [0.5, 0.6) is 0 Å². The minimum Gasteiger partial charge on any atom is -0.213 e. The van der Waals surface area contributed by atoms with Gasteiger partial charge in [0.1, 0.15) is 5.54 Å². The van der Waals surface area contributed by atoms with Crippen LogP contribution in [0.15, 0.2) is 0 Å². The molecule has 0 bridgehead atoms. The van der Waals surface area contributed by atoms with Crippen molar-refractivity contribution in [3.63, 3.8) is 0 Å². The van der Waals surface area contributed by atoms with E-state index in [-0.39, 0.29) is 0 Å². The molecule has 0 heterocycles. The van der Waals surface area contributed by atoms with Gasteiger partial charge in [0.15, 0.2) is 0 Å². The molecule has 0 aromatic rings. The zero-order chi connectivity index (χ0) is 9.83. The van der Waals surface area contributed by atoms with Gasteiger partial charge in [-0.25, -0.2) is 8.42 Å². The molecule has 1 N–H and O–H groups in total. The van der Waals surface area contributed by atoms with E-state index >= 15 is 0 Å². The minimum atomic E-state index is -3.20. The van der Waals surface area contributed by atoms with E-state index in [1.54, 1.807) is 0 Å². The lowest BCUT2D eigenvalue weighted by molar-refractivity contribution is 0.577. The summed E-state index contributed by atoms with van der Waals surface area (Å²) in [5.74, 6) is 0. The maximum Gasteiger partial charge on any atom is 0.210 e. The predicted molar refractivity (Wildman–Crippen MR) is 46.9 cm³/mol. The molecule has 0 aromatic carbocycles. The first-order chi connectivity index (χ1) is 5.47. The lowest BCUT2D eigenvalue weighted by Crippen LogP contribution is -2.34. The lowest BCUT2D eigenvalue weighted by Gasteiger charge is -2.04. The molecule has 5 heteroatoms. The van der Waals surface area contributed by atoms with Crippen LogP contribution in [0.3, 0.4) is 0 Å². The molecule has 70 valence electrons. The largest absolute Gasteiger partial charge is 0.213 e. The zero-order valence-electron chi connectivity index (χ0n) is 7.59. The maximum atomic E-state index is 10.6. The van der Waals surface area contributed by atoms with Crippen molar-refractivity contribution in [1.82, 2.24) is 4.72 Å². The molecule has 0 spiro atoms. The van der Waals surface area contributed by atoms with Crippen molar-refractivity contribution in [2.75, 3.05) is 6.26 Å². The Morgan fingerprint density at radius 1 is 1.42 bits per heavy atom. The van der Waals surface area contributed by atoms with E-state index in [0.29, 0.717) is 12.8 Å². The van der Waals surface area contributed by atoms with Gasteiger partial charge in [0.2, 0.25) is 10.0 Å². The molecule has 0 saturated heterocycles. The van der Waals surface area contributed by atoms with Crippen molar-refractivity contribution < 1.29 is 8.42 Å². The predicted octanol–water partition coefficient (Wildman–Crippen LogP) is 0.618. The van der Waals surface area contributed by atoms with Gasteiger partial charge < -0.3 is 0 Å². The number of nitrogens with zero attached hydrogens (tertiary/aromatic N) is 1. The maximum absolute atomic E-state index is 10.6. The second-order valence-corrected chi connectivity index (χ2v) is 4.32. The van der Waals surface area contributed by atoms with Gasteiger partial charge >= 0.3 is 0 Å². The lowest BCUT2D eigenvalue weighted by atomic mass is 10.3. The van der Waals surface area contributed by atoms with Crippen LogP contribution in [0.4, 0.5) is 0 Å². The number of rotatable bonds is 2. The van der Waals surface area contributed by atoms with E-state index in [9.17, 15) is 8.42 Å². The third kappa shape index (κ3) is 3.69. The molecule has 4 nitrogen and oxygen atoms in total. The van der Waals surface area contributed by atoms with Crippen molar-refractivity contribution in [3.8, 4) is 6.07 Å². The molecule has 0 atom stereocenters. The van der Waals surface area contributed by atoms with Crippen molar-refractivity contribution in [2.24, 2.45) is 0 Å². The van der Waals surface area contributed by atoms with Crippen LogP contribution in [0, 0.1) is 11.3 Å². The Morgan fingerprint density at radius 2 is 1.83 bits per heavy atom. The SMILES string of the molecule is CC.CS(=O)(=O)NC1(C#N)CC1. The van der Waals surface area contributed by atoms with Crippen LogP contribution >= 0.6 is 0 Å². The topological polar surface area (TPSA) is 70.0 Å². The summed E-state index contributed by atoms with van der Waals surface area (Å²) in [5.41, 5.74) is -0.756. The van der Waals surface area contributed by atoms with Crippen molar-refractivity contribution in [3.05, 3.63) is 0 Å². The Bertz CT molecular complexity index is 272. The van der Waals surface area contributed by atoms with Crippen LogP contribution in [0.25, 0.3) is 0 Å². The molecule has 0 unspecified atom stereocenters. The molecule has 0 radical (unpaired) electrons. The summed E-state index contributed by atoms with van der Waals surface area (Å²) in [5, 5.41) is 8.44. The second-order valence-electron chi connectivity index (χ2n) is 2.57. The van der Waals surface area contributed by atoms with Gasteiger partial charge in [-0.1, -0.05) is 13.8 Å². The average Bonchev–Trinajstić information content (AvgIpc) is 2.71. The molecule has 1 rings (SSSR count). The molecule has 1 aliphatic rings. The monoisotopic (exact) mass is 190 g/mol. The highest BCUT2D eigenvalue weighted by atomic mass is 32.2. The van der Waals surface area contributed by atoms with Crippen LogP contribution < -0.4 is 4.72 Å². The average molecular weight is 190 g/mol. The van der Waals surface area contributed by atoms with E-state index < -0.39 is 15.6 Å². The molecule has 1 fully saturated rings. The quantitative estimate of drug-likeness (QED) is 0.693. The number of sulfonamides is 1. The number of nitrogens with one attached hydrogen (secondary N) is 1. The summed E-state index contributed by atoms with van der Waals surface area (Å²) < 4.78 is 23.4. The molecule has 12 heavy (non-hydrogen) atoms. The van der Waals surface area contributed by atoms with Crippen molar-refractivity contribution >= 4 is 10.0 Å². The van der Waals surface area contributed by atoms with Gasteiger partial charge in [-0.15, -0.1) is 0 Å². The Morgan fingerprint density at radius 3 is 1.92 bits per heavy atom. The normalized spacial score (nSPS) is 18.5. The third-order valence-corrected chi connectivity index (χ3v) is 2.11. The first-order valence-corrected chi connectivity index (χ1v) is 5.77. The van der Waals surface area contributed by atoms with E-state index in [2.05, 4.69) is 4.72 Å². The van der Waals surface area contributed by atoms with E-state index in [0.717, 1.165) is 6.26 Å². The van der Waals surface area contributed by atoms with E-state index in [1.807, 2.05) is 19.9 Å². The zero-order valence-corrected chi connectivity index (χ0v) is 8.40. The summed E-state index contributed by atoms with van der Waals surface area (Å²) in [6.07, 6.45) is 2.33. The molecule has 0 aromatic heterocycles. The fourth-order valence-corrected chi connectivity index (χ4v) is 1.68. The third-order valence-electron chi connectivity index (χ3n) is 1.34.